The molecule has 0 aliphatic heterocycles. The first kappa shape index (κ1) is 11.9. The molecule has 0 spiro atoms. The van der Waals surface area contributed by atoms with E-state index in [-0.39, 0.29) is 0 Å². The maximum Gasteiger partial charge on any atom is 0.437 e. The Bertz CT molecular complexity index is 519. The monoisotopic (exact) mass is 252 g/mol. The zero-order valence-corrected chi connectivity index (χ0v) is 10.1. The van der Waals surface area contributed by atoms with Crippen molar-refractivity contribution in [3.8, 4) is 11.5 Å². The van der Waals surface area contributed by atoms with Gasteiger partial charge in [0.1, 0.15) is 0 Å². The molecule has 0 aliphatic carbocycles. The van der Waals surface area contributed by atoms with Gasteiger partial charge in [-0.15, -0.1) is 16.7 Å². The van der Waals surface area contributed by atoms with E-state index < -0.39 is 5.76 Å². The molecule has 0 aliphatic rings. The highest BCUT2D eigenvalue weighted by atomic mass is 35.5. The lowest BCUT2D eigenvalue weighted by Crippen LogP contribution is -2.15. The fraction of sp³-hybridized carbons (Fsp3) is 0.333. The third kappa shape index (κ3) is 2.97. The zero-order valence-electron chi connectivity index (χ0n) is 9.30. The number of aromatic nitrogens is 2. The van der Waals surface area contributed by atoms with Crippen LogP contribution in [-0.2, 0) is 6.54 Å². The van der Waals surface area contributed by atoms with Crippen molar-refractivity contribution in [2.45, 2.75) is 19.4 Å². The molecular weight excluding hydrogens is 240 g/mol. The Balaban J connectivity index is 2.16. The maximum atomic E-state index is 11.5. The number of benzene rings is 1. The Morgan fingerprint density at radius 2 is 2.00 bits per heavy atom. The second-order valence-electron chi connectivity index (χ2n) is 3.66. The maximum absolute atomic E-state index is 11.5. The molecule has 1 heterocycles. The van der Waals surface area contributed by atoms with Crippen molar-refractivity contribution in [2.24, 2.45) is 0 Å². The van der Waals surface area contributed by atoms with Gasteiger partial charge < -0.3 is 4.42 Å². The van der Waals surface area contributed by atoms with E-state index in [1.807, 2.05) is 30.3 Å². The highest BCUT2D eigenvalue weighted by Gasteiger charge is 2.08. The lowest BCUT2D eigenvalue weighted by molar-refractivity contribution is 0.472. The molecule has 0 radical (unpaired) electrons. The average molecular weight is 253 g/mol. The number of hydrogen-bond acceptors (Lipinski definition) is 3. The summed E-state index contributed by atoms with van der Waals surface area (Å²) in [6.07, 6.45) is 1.69. The number of hydrogen-bond donors (Lipinski definition) is 0. The van der Waals surface area contributed by atoms with E-state index in [4.69, 9.17) is 16.0 Å². The van der Waals surface area contributed by atoms with Crippen LogP contribution >= 0.6 is 11.6 Å². The minimum atomic E-state index is -0.418. The van der Waals surface area contributed by atoms with Crippen LogP contribution in [0.1, 0.15) is 12.8 Å². The van der Waals surface area contributed by atoms with Crippen LogP contribution in [-0.4, -0.2) is 15.7 Å². The minimum absolute atomic E-state index is 0.362. The molecule has 0 unspecified atom stereocenters. The van der Waals surface area contributed by atoms with Gasteiger partial charge in [0.25, 0.3) is 0 Å². The summed E-state index contributed by atoms with van der Waals surface area (Å²) in [5.74, 6) is 0.540. The summed E-state index contributed by atoms with van der Waals surface area (Å²) in [5.41, 5.74) is 0.806. The average Bonchev–Trinajstić information content (AvgIpc) is 2.73. The van der Waals surface area contributed by atoms with Crippen molar-refractivity contribution in [1.82, 2.24) is 9.78 Å². The van der Waals surface area contributed by atoms with Crippen molar-refractivity contribution in [2.75, 3.05) is 5.88 Å². The second kappa shape index (κ2) is 5.68. The topological polar surface area (TPSA) is 48.0 Å². The predicted molar refractivity (Wildman–Crippen MR) is 66.2 cm³/mol. The lowest BCUT2D eigenvalue weighted by Gasteiger charge is -1.95. The van der Waals surface area contributed by atoms with Gasteiger partial charge in [0.2, 0.25) is 5.89 Å². The zero-order chi connectivity index (χ0) is 12.1. The van der Waals surface area contributed by atoms with Crippen LogP contribution in [0.4, 0.5) is 0 Å². The van der Waals surface area contributed by atoms with Crippen LogP contribution in [0.3, 0.4) is 0 Å². The molecule has 1 aromatic carbocycles. The molecule has 1 aromatic heterocycles. The number of aryl methyl sites for hydroxylation is 1. The van der Waals surface area contributed by atoms with E-state index in [1.54, 1.807) is 0 Å². The fourth-order valence-corrected chi connectivity index (χ4v) is 1.69. The van der Waals surface area contributed by atoms with Gasteiger partial charge in [0.05, 0.1) is 0 Å². The largest absolute Gasteiger partial charge is 0.437 e. The van der Waals surface area contributed by atoms with Crippen molar-refractivity contribution in [1.29, 1.82) is 0 Å². The van der Waals surface area contributed by atoms with Crippen molar-refractivity contribution >= 4 is 11.6 Å². The molecule has 0 fully saturated rings. The van der Waals surface area contributed by atoms with E-state index in [0.29, 0.717) is 18.3 Å². The Kier molecular flexibility index (Phi) is 3.98. The predicted octanol–water partition coefficient (Wildman–Crippen LogP) is 2.52. The molecular formula is C12H13ClN2O2. The van der Waals surface area contributed by atoms with Gasteiger partial charge in [-0.05, 0) is 25.0 Å². The molecule has 0 saturated heterocycles. The number of rotatable bonds is 5. The molecule has 4 nitrogen and oxygen atoms in total. The Hall–Kier alpha value is -1.55. The molecule has 90 valence electrons. The Labute approximate surface area is 104 Å². The molecule has 2 aromatic rings. The number of unbranched alkanes of at least 4 members (excludes halogenated alkanes) is 1. The van der Waals surface area contributed by atoms with Gasteiger partial charge in [0.15, 0.2) is 0 Å². The molecule has 5 heteroatoms. The molecule has 0 atom stereocenters. The summed E-state index contributed by atoms with van der Waals surface area (Å²) in [5, 5.41) is 4.15. The first-order valence-corrected chi connectivity index (χ1v) is 6.04. The SMILES string of the molecule is O=c1oc(-c2ccccc2)nn1CCCCCl. The van der Waals surface area contributed by atoms with E-state index in [1.165, 1.54) is 4.68 Å². The first-order valence-electron chi connectivity index (χ1n) is 5.50. The second-order valence-corrected chi connectivity index (χ2v) is 4.04. The molecule has 17 heavy (non-hydrogen) atoms. The number of alkyl halides is 1. The number of nitrogens with zero attached hydrogens (tertiary/aromatic N) is 2. The standard InChI is InChI=1S/C12H13ClN2O2/c13-8-4-5-9-15-12(16)17-11(14-15)10-6-2-1-3-7-10/h1-3,6-7H,4-5,8-9H2. The van der Waals surface area contributed by atoms with Crippen LogP contribution in [0, 0.1) is 0 Å². The third-order valence-electron chi connectivity index (χ3n) is 2.38. The van der Waals surface area contributed by atoms with Gasteiger partial charge in [-0.1, -0.05) is 18.2 Å². The summed E-state index contributed by atoms with van der Waals surface area (Å²) in [6, 6.07) is 9.37. The van der Waals surface area contributed by atoms with E-state index in [9.17, 15) is 4.79 Å². The van der Waals surface area contributed by atoms with Crippen LogP contribution in [0.5, 0.6) is 0 Å². The van der Waals surface area contributed by atoms with Gasteiger partial charge in [-0.25, -0.2) is 4.79 Å². The molecule has 0 amide bonds. The summed E-state index contributed by atoms with van der Waals surface area (Å²) in [4.78, 5) is 11.5. The summed E-state index contributed by atoms with van der Waals surface area (Å²) in [7, 11) is 0. The first-order chi connectivity index (χ1) is 8.31. The van der Waals surface area contributed by atoms with Crippen LogP contribution in [0.15, 0.2) is 39.5 Å². The molecule has 2 rings (SSSR count). The van der Waals surface area contributed by atoms with E-state index >= 15 is 0 Å². The highest BCUT2D eigenvalue weighted by Crippen LogP contribution is 2.13. The number of halogens is 1. The van der Waals surface area contributed by atoms with Crippen molar-refractivity contribution in [3.05, 3.63) is 40.9 Å². The van der Waals surface area contributed by atoms with Gasteiger partial charge in [0, 0.05) is 18.0 Å². The normalized spacial score (nSPS) is 10.6. The lowest BCUT2D eigenvalue weighted by atomic mass is 10.2. The van der Waals surface area contributed by atoms with Crippen molar-refractivity contribution in [3.63, 3.8) is 0 Å². The summed E-state index contributed by atoms with van der Waals surface area (Å²) >= 11 is 5.58. The van der Waals surface area contributed by atoms with Gasteiger partial charge >= 0.3 is 5.76 Å². The fourth-order valence-electron chi connectivity index (χ4n) is 1.50. The minimum Gasteiger partial charge on any atom is -0.388 e. The Morgan fingerprint density at radius 1 is 1.24 bits per heavy atom. The molecule has 0 N–H and O–H groups in total. The highest BCUT2D eigenvalue weighted by molar-refractivity contribution is 6.17. The van der Waals surface area contributed by atoms with Gasteiger partial charge in [-0.3, -0.25) is 0 Å². The Morgan fingerprint density at radius 3 is 2.71 bits per heavy atom. The third-order valence-corrected chi connectivity index (χ3v) is 2.65. The van der Waals surface area contributed by atoms with Crippen LogP contribution < -0.4 is 5.76 Å². The molecule has 0 saturated carbocycles. The quantitative estimate of drug-likeness (QED) is 0.607. The van der Waals surface area contributed by atoms with Crippen LogP contribution in [0.25, 0.3) is 11.5 Å². The summed E-state index contributed by atoms with van der Waals surface area (Å²) < 4.78 is 6.44. The summed E-state index contributed by atoms with van der Waals surface area (Å²) in [6.45, 7) is 0.544. The van der Waals surface area contributed by atoms with E-state index in [2.05, 4.69) is 5.10 Å². The van der Waals surface area contributed by atoms with Crippen LogP contribution in [0.2, 0.25) is 0 Å². The van der Waals surface area contributed by atoms with Crippen molar-refractivity contribution < 1.29 is 4.42 Å². The smallest absolute Gasteiger partial charge is 0.388 e. The van der Waals surface area contributed by atoms with Gasteiger partial charge in [-0.2, -0.15) is 4.68 Å². The van der Waals surface area contributed by atoms with E-state index in [0.717, 1.165) is 18.4 Å². The molecule has 0 bridgehead atoms.